The first kappa shape index (κ1) is 17.4. The summed E-state index contributed by atoms with van der Waals surface area (Å²) in [6.07, 6.45) is 5.02. The van der Waals surface area contributed by atoms with Crippen LogP contribution in [0, 0.1) is 5.92 Å². The molecule has 2 aromatic heterocycles. The fourth-order valence-electron chi connectivity index (χ4n) is 3.09. The Bertz CT molecular complexity index is 711. The minimum absolute atomic E-state index is 0.166. The SMILES string of the molecule is COc1ccc(-c2noc([C@@H](CC(C)C)N3CCCCC3=O)n2)cn1. The Morgan fingerprint density at radius 2 is 2.16 bits per heavy atom. The molecular weight excluding hydrogens is 320 g/mol. The number of hydrogen-bond donors (Lipinski definition) is 0. The van der Waals surface area contributed by atoms with Crippen molar-refractivity contribution in [2.24, 2.45) is 5.92 Å². The first-order valence-electron chi connectivity index (χ1n) is 8.72. The van der Waals surface area contributed by atoms with E-state index in [1.54, 1.807) is 19.4 Å². The molecule has 3 rings (SSSR count). The van der Waals surface area contributed by atoms with Crippen LogP contribution in [0.1, 0.15) is 51.5 Å². The highest BCUT2D eigenvalue weighted by Gasteiger charge is 2.32. The van der Waals surface area contributed by atoms with E-state index in [2.05, 4.69) is 29.0 Å². The lowest BCUT2D eigenvalue weighted by atomic mass is 9.99. The van der Waals surface area contributed by atoms with E-state index in [1.165, 1.54) is 0 Å². The van der Waals surface area contributed by atoms with Crippen LogP contribution < -0.4 is 4.74 Å². The number of pyridine rings is 1. The highest BCUT2D eigenvalue weighted by Crippen LogP contribution is 2.31. The molecule has 0 aromatic carbocycles. The van der Waals surface area contributed by atoms with Crippen molar-refractivity contribution in [3.8, 4) is 17.3 Å². The summed E-state index contributed by atoms with van der Waals surface area (Å²) in [6, 6.07) is 3.43. The highest BCUT2D eigenvalue weighted by atomic mass is 16.5. The number of nitrogens with zero attached hydrogens (tertiary/aromatic N) is 4. The van der Waals surface area contributed by atoms with Crippen molar-refractivity contribution < 1.29 is 14.1 Å². The van der Waals surface area contributed by atoms with E-state index >= 15 is 0 Å². The summed E-state index contributed by atoms with van der Waals surface area (Å²) in [5, 5.41) is 4.09. The van der Waals surface area contributed by atoms with Gasteiger partial charge in [-0.3, -0.25) is 4.79 Å². The van der Waals surface area contributed by atoms with Gasteiger partial charge in [0, 0.05) is 30.8 Å². The molecule has 1 amide bonds. The van der Waals surface area contributed by atoms with Gasteiger partial charge in [-0.1, -0.05) is 19.0 Å². The normalized spacial score (nSPS) is 16.3. The van der Waals surface area contributed by atoms with Gasteiger partial charge in [0.2, 0.25) is 23.5 Å². The average molecular weight is 344 g/mol. The molecule has 7 heteroatoms. The lowest BCUT2D eigenvalue weighted by Gasteiger charge is -2.33. The second-order valence-corrected chi connectivity index (χ2v) is 6.74. The van der Waals surface area contributed by atoms with Gasteiger partial charge < -0.3 is 14.2 Å². The van der Waals surface area contributed by atoms with Crippen LogP contribution in [0.4, 0.5) is 0 Å². The van der Waals surface area contributed by atoms with Gasteiger partial charge >= 0.3 is 0 Å². The van der Waals surface area contributed by atoms with E-state index in [9.17, 15) is 4.79 Å². The van der Waals surface area contributed by atoms with Gasteiger partial charge in [0.15, 0.2) is 0 Å². The van der Waals surface area contributed by atoms with E-state index in [0.717, 1.165) is 31.4 Å². The smallest absolute Gasteiger partial charge is 0.249 e. The number of ether oxygens (including phenoxy) is 1. The largest absolute Gasteiger partial charge is 0.481 e. The van der Waals surface area contributed by atoms with Crippen LogP contribution in [0.15, 0.2) is 22.9 Å². The quantitative estimate of drug-likeness (QED) is 0.800. The van der Waals surface area contributed by atoms with Crippen molar-refractivity contribution in [1.29, 1.82) is 0 Å². The molecule has 7 nitrogen and oxygen atoms in total. The summed E-state index contributed by atoms with van der Waals surface area (Å²) >= 11 is 0. The van der Waals surface area contributed by atoms with Gasteiger partial charge in [0.25, 0.3) is 0 Å². The Morgan fingerprint density at radius 1 is 1.32 bits per heavy atom. The number of hydrogen-bond acceptors (Lipinski definition) is 6. The van der Waals surface area contributed by atoms with Crippen LogP contribution in [-0.4, -0.2) is 39.6 Å². The Morgan fingerprint density at radius 3 is 2.80 bits per heavy atom. The lowest BCUT2D eigenvalue weighted by molar-refractivity contribution is -0.137. The summed E-state index contributed by atoms with van der Waals surface area (Å²) in [7, 11) is 1.57. The van der Waals surface area contributed by atoms with E-state index in [4.69, 9.17) is 9.26 Å². The molecular formula is C18H24N4O3. The Balaban J connectivity index is 1.86. The second-order valence-electron chi connectivity index (χ2n) is 6.74. The van der Waals surface area contributed by atoms with E-state index in [-0.39, 0.29) is 11.9 Å². The number of methoxy groups -OCH3 is 1. The van der Waals surface area contributed by atoms with Gasteiger partial charge in [-0.25, -0.2) is 4.98 Å². The van der Waals surface area contributed by atoms with Crippen molar-refractivity contribution in [2.45, 2.75) is 45.6 Å². The molecule has 0 N–H and O–H groups in total. The zero-order valence-corrected chi connectivity index (χ0v) is 14.9. The molecule has 1 aliphatic heterocycles. The summed E-state index contributed by atoms with van der Waals surface area (Å²) < 4.78 is 10.6. The van der Waals surface area contributed by atoms with Gasteiger partial charge in [0.05, 0.1) is 7.11 Å². The van der Waals surface area contributed by atoms with Gasteiger partial charge in [0.1, 0.15) is 6.04 Å². The topological polar surface area (TPSA) is 81.4 Å². The van der Waals surface area contributed by atoms with Crippen molar-refractivity contribution in [2.75, 3.05) is 13.7 Å². The Hall–Kier alpha value is -2.44. The number of likely N-dealkylation sites (tertiary alicyclic amines) is 1. The molecule has 0 bridgehead atoms. The molecule has 134 valence electrons. The fourth-order valence-corrected chi connectivity index (χ4v) is 3.09. The third kappa shape index (κ3) is 3.97. The predicted octanol–water partition coefficient (Wildman–Crippen LogP) is 3.24. The third-order valence-electron chi connectivity index (χ3n) is 4.36. The molecule has 3 heterocycles. The minimum Gasteiger partial charge on any atom is -0.481 e. The Kier molecular flexibility index (Phi) is 5.31. The zero-order valence-electron chi connectivity index (χ0n) is 14.9. The molecule has 0 saturated carbocycles. The van der Waals surface area contributed by atoms with Crippen molar-refractivity contribution in [3.63, 3.8) is 0 Å². The maximum absolute atomic E-state index is 12.4. The maximum atomic E-state index is 12.4. The molecule has 0 spiro atoms. The highest BCUT2D eigenvalue weighted by molar-refractivity contribution is 5.77. The van der Waals surface area contributed by atoms with Crippen LogP contribution in [0.3, 0.4) is 0 Å². The van der Waals surface area contributed by atoms with Gasteiger partial charge in [-0.2, -0.15) is 4.98 Å². The summed E-state index contributed by atoms with van der Waals surface area (Å²) in [4.78, 5) is 23.0. The second kappa shape index (κ2) is 7.63. The van der Waals surface area contributed by atoms with Crippen LogP contribution in [0.2, 0.25) is 0 Å². The lowest BCUT2D eigenvalue weighted by Crippen LogP contribution is -2.39. The third-order valence-corrected chi connectivity index (χ3v) is 4.36. The number of carbonyl (C=O) groups is 1. The standard InChI is InChI=1S/C18H24N4O3/c1-12(2)10-14(22-9-5-4-6-16(22)23)18-20-17(21-25-18)13-7-8-15(24-3)19-11-13/h7-8,11-12,14H,4-6,9-10H2,1-3H3/t14-/m1/s1. The average Bonchev–Trinajstić information content (AvgIpc) is 3.10. The van der Waals surface area contributed by atoms with Gasteiger partial charge in [-0.05, 0) is 31.2 Å². The number of rotatable bonds is 6. The van der Waals surface area contributed by atoms with Crippen LogP contribution >= 0.6 is 0 Å². The van der Waals surface area contributed by atoms with Crippen molar-refractivity contribution in [3.05, 3.63) is 24.2 Å². The molecule has 1 saturated heterocycles. The monoisotopic (exact) mass is 344 g/mol. The number of amides is 1. The molecule has 0 aliphatic carbocycles. The van der Waals surface area contributed by atoms with E-state index in [0.29, 0.717) is 29.9 Å². The fraction of sp³-hybridized carbons (Fsp3) is 0.556. The molecule has 0 unspecified atom stereocenters. The molecule has 1 aliphatic rings. The first-order chi connectivity index (χ1) is 12.1. The summed E-state index contributed by atoms with van der Waals surface area (Å²) in [5.41, 5.74) is 0.754. The van der Waals surface area contributed by atoms with Gasteiger partial charge in [-0.15, -0.1) is 0 Å². The van der Waals surface area contributed by atoms with Crippen LogP contribution in [-0.2, 0) is 4.79 Å². The minimum atomic E-state index is -0.166. The van der Waals surface area contributed by atoms with Crippen molar-refractivity contribution >= 4 is 5.91 Å². The number of piperidine rings is 1. The first-order valence-corrected chi connectivity index (χ1v) is 8.72. The summed E-state index contributed by atoms with van der Waals surface area (Å²) in [6.45, 7) is 5.01. The van der Waals surface area contributed by atoms with Crippen LogP contribution in [0.5, 0.6) is 5.88 Å². The molecule has 2 aromatic rings. The van der Waals surface area contributed by atoms with E-state index < -0.39 is 0 Å². The molecule has 0 radical (unpaired) electrons. The van der Waals surface area contributed by atoms with Crippen molar-refractivity contribution in [1.82, 2.24) is 20.0 Å². The Labute approximate surface area is 147 Å². The molecule has 1 atom stereocenters. The van der Waals surface area contributed by atoms with Crippen LogP contribution in [0.25, 0.3) is 11.4 Å². The number of carbonyl (C=O) groups excluding carboxylic acids is 1. The molecule has 25 heavy (non-hydrogen) atoms. The predicted molar refractivity (Wildman–Crippen MR) is 91.8 cm³/mol. The molecule has 1 fully saturated rings. The number of aromatic nitrogens is 3. The maximum Gasteiger partial charge on any atom is 0.249 e. The zero-order chi connectivity index (χ0) is 17.8. The van der Waals surface area contributed by atoms with E-state index in [1.807, 2.05) is 11.0 Å². The summed E-state index contributed by atoms with van der Waals surface area (Å²) in [5.74, 6) is 2.09.